The van der Waals surface area contributed by atoms with E-state index in [4.69, 9.17) is 4.74 Å². The number of hydrogen-bond acceptors (Lipinski definition) is 1. The standard InChI is InChI=1S/C21H22OSe/c1-22-17-12-10-15(11-13-17)14-19-18-8-4-5-9-20(18)23-21(19)16-6-2-3-7-16/h4-5,8-13,16H,2-3,6-7,14H2,1H3. The summed E-state index contributed by atoms with van der Waals surface area (Å²) in [6.45, 7) is 0. The second-order valence-electron chi connectivity index (χ2n) is 6.45. The van der Waals surface area contributed by atoms with Crippen LogP contribution >= 0.6 is 0 Å². The Morgan fingerprint density at radius 1 is 1.00 bits per heavy atom. The van der Waals surface area contributed by atoms with Gasteiger partial charge in [-0.1, -0.05) is 0 Å². The third kappa shape index (κ3) is 2.98. The van der Waals surface area contributed by atoms with Gasteiger partial charge in [-0.25, -0.2) is 0 Å². The summed E-state index contributed by atoms with van der Waals surface area (Å²) in [4.78, 5) is 0. The molecule has 2 aromatic carbocycles. The van der Waals surface area contributed by atoms with Crippen LogP contribution in [0.4, 0.5) is 0 Å². The predicted molar refractivity (Wildman–Crippen MR) is 97.9 cm³/mol. The molecule has 1 nitrogen and oxygen atoms in total. The third-order valence-electron chi connectivity index (χ3n) is 5.00. The Balaban J connectivity index is 1.75. The molecule has 1 saturated carbocycles. The minimum absolute atomic E-state index is 0.535. The maximum absolute atomic E-state index is 5.29. The summed E-state index contributed by atoms with van der Waals surface area (Å²) in [5, 5.41) is 1.52. The second kappa shape index (κ2) is 6.55. The van der Waals surface area contributed by atoms with E-state index in [0.29, 0.717) is 14.5 Å². The van der Waals surface area contributed by atoms with Crippen molar-refractivity contribution in [2.24, 2.45) is 0 Å². The zero-order valence-corrected chi connectivity index (χ0v) is 15.3. The van der Waals surface area contributed by atoms with E-state index in [2.05, 4.69) is 48.5 Å². The first-order valence-corrected chi connectivity index (χ1v) is 10.2. The number of methoxy groups -OCH3 is 1. The van der Waals surface area contributed by atoms with Crippen LogP contribution in [-0.2, 0) is 6.42 Å². The van der Waals surface area contributed by atoms with Gasteiger partial charge in [0.2, 0.25) is 0 Å². The topological polar surface area (TPSA) is 9.23 Å². The van der Waals surface area contributed by atoms with E-state index in [1.54, 1.807) is 21.4 Å². The molecule has 0 N–H and O–H groups in total. The van der Waals surface area contributed by atoms with Crippen LogP contribution in [0, 0.1) is 0 Å². The van der Waals surface area contributed by atoms with Gasteiger partial charge in [-0.15, -0.1) is 0 Å². The van der Waals surface area contributed by atoms with Gasteiger partial charge in [0.15, 0.2) is 0 Å². The van der Waals surface area contributed by atoms with E-state index in [1.165, 1.54) is 36.6 Å². The molecule has 0 radical (unpaired) electrons. The molecule has 1 aromatic heterocycles. The number of benzene rings is 2. The normalized spacial score (nSPS) is 15.3. The molecule has 1 aliphatic rings. The van der Waals surface area contributed by atoms with Crippen LogP contribution in [-0.4, -0.2) is 21.6 Å². The summed E-state index contributed by atoms with van der Waals surface area (Å²) in [5.41, 5.74) is 3.02. The molecule has 23 heavy (non-hydrogen) atoms. The number of ether oxygens (including phenoxy) is 1. The van der Waals surface area contributed by atoms with Crippen LogP contribution in [0.25, 0.3) is 9.65 Å². The fraction of sp³-hybridized carbons (Fsp3) is 0.333. The summed E-state index contributed by atoms with van der Waals surface area (Å²) in [7, 11) is 1.73. The van der Waals surface area contributed by atoms with Gasteiger partial charge in [0.25, 0.3) is 0 Å². The van der Waals surface area contributed by atoms with Gasteiger partial charge >= 0.3 is 144 Å². The molecule has 1 aliphatic carbocycles. The van der Waals surface area contributed by atoms with Crippen molar-refractivity contribution in [1.29, 1.82) is 0 Å². The Hall–Kier alpha value is -1.50. The van der Waals surface area contributed by atoms with Gasteiger partial charge in [-0.3, -0.25) is 0 Å². The van der Waals surface area contributed by atoms with Gasteiger partial charge in [0.05, 0.1) is 0 Å². The first-order valence-electron chi connectivity index (χ1n) is 8.48. The molecule has 1 fully saturated rings. The van der Waals surface area contributed by atoms with E-state index >= 15 is 0 Å². The summed E-state index contributed by atoms with van der Waals surface area (Å²) >= 11 is 0.535. The summed E-state index contributed by atoms with van der Waals surface area (Å²) < 4.78 is 8.66. The van der Waals surface area contributed by atoms with Crippen molar-refractivity contribution in [3.05, 3.63) is 64.1 Å². The second-order valence-corrected chi connectivity index (χ2v) is 8.72. The van der Waals surface area contributed by atoms with Crippen molar-refractivity contribution in [2.45, 2.75) is 38.0 Å². The molecule has 2 heteroatoms. The molecule has 4 rings (SSSR count). The monoisotopic (exact) mass is 370 g/mol. The van der Waals surface area contributed by atoms with Gasteiger partial charge < -0.3 is 0 Å². The van der Waals surface area contributed by atoms with Crippen molar-refractivity contribution in [2.75, 3.05) is 7.11 Å². The van der Waals surface area contributed by atoms with Crippen LogP contribution in [0.3, 0.4) is 0 Å². The van der Waals surface area contributed by atoms with E-state index in [1.807, 2.05) is 0 Å². The Labute approximate surface area is 144 Å². The summed E-state index contributed by atoms with van der Waals surface area (Å²) in [6, 6.07) is 17.7. The average molecular weight is 369 g/mol. The molecular weight excluding hydrogens is 347 g/mol. The van der Waals surface area contributed by atoms with Crippen LogP contribution in [0.15, 0.2) is 48.5 Å². The number of fused-ring (bicyclic) bond motifs is 1. The van der Waals surface area contributed by atoms with Gasteiger partial charge in [-0.05, 0) is 0 Å². The third-order valence-corrected chi connectivity index (χ3v) is 7.88. The van der Waals surface area contributed by atoms with Crippen LogP contribution in [0.1, 0.15) is 47.2 Å². The van der Waals surface area contributed by atoms with Gasteiger partial charge in [0, 0.05) is 0 Å². The Bertz CT molecular complexity index is 794. The van der Waals surface area contributed by atoms with E-state index in [0.717, 1.165) is 18.1 Å². The molecule has 1 heterocycles. The fourth-order valence-corrected chi connectivity index (χ4v) is 6.69. The van der Waals surface area contributed by atoms with Crippen molar-refractivity contribution in [3.8, 4) is 5.75 Å². The van der Waals surface area contributed by atoms with E-state index < -0.39 is 0 Å². The molecule has 0 bridgehead atoms. The molecule has 0 spiro atoms. The van der Waals surface area contributed by atoms with Crippen molar-refractivity contribution in [1.82, 2.24) is 0 Å². The fourth-order valence-electron chi connectivity index (χ4n) is 3.77. The van der Waals surface area contributed by atoms with Gasteiger partial charge in [0.1, 0.15) is 0 Å². The summed E-state index contributed by atoms with van der Waals surface area (Å²) in [5.74, 6) is 1.78. The molecule has 0 amide bonds. The molecule has 0 atom stereocenters. The zero-order chi connectivity index (χ0) is 15.6. The molecule has 3 aromatic rings. The van der Waals surface area contributed by atoms with Crippen molar-refractivity contribution in [3.63, 3.8) is 0 Å². The molecule has 0 aliphatic heterocycles. The molecule has 0 saturated heterocycles. The minimum atomic E-state index is 0.535. The Morgan fingerprint density at radius 3 is 2.48 bits per heavy atom. The Kier molecular flexibility index (Phi) is 4.29. The van der Waals surface area contributed by atoms with Crippen molar-refractivity contribution >= 4 is 24.1 Å². The SMILES string of the molecule is COc1ccc(Cc2c(C3CCCC3)[se]c3ccccc23)cc1. The predicted octanol–water partition coefficient (Wildman–Crippen LogP) is 5.15. The van der Waals surface area contributed by atoms with Crippen LogP contribution in [0.2, 0.25) is 0 Å². The van der Waals surface area contributed by atoms with Crippen molar-refractivity contribution < 1.29 is 4.74 Å². The van der Waals surface area contributed by atoms with Gasteiger partial charge in [-0.2, -0.15) is 0 Å². The maximum atomic E-state index is 5.29. The van der Waals surface area contributed by atoms with Crippen LogP contribution in [0.5, 0.6) is 5.75 Å². The van der Waals surface area contributed by atoms with E-state index in [9.17, 15) is 0 Å². The first kappa shape index (κ1) is 15.1. The molecule has 0 unspecified atom stereocenters. The number of hydrogen-bond donors (Lipinski definition) is 0. The summed E-state index contributed by atoms with van der Waals surface area (Å²) in [6.07, 6.45) is 6.69. The molecular formula is C21H22OSe. The zero-order valence-electron chi connectivity index (χ0n) is 13.5. The number of rotatable bonds is 4. The van der Waals surface area contributed by atoms with Crippen LogP contribution < -0.4 is 4.74 Å². The first-order chi connectivity index (χ1) is 11.3. The molecule has 118 valence electrons. The quantitative estimate of drug-likeness (QED) is 0.578. The Morgan fingerprint density at radius 2 is 1.74 bits per heavy atom. The van der Waals surface area contributed by atoms with E-state index in [-0.39, 0.29) is 0 Å². The average Bonchev–Trinajstić information content (AvgIpc) is 3.24.